The standard InChI is InChI=1S/C65H83NO8/c1-38(40-13-6-7-14-40)42-20-23-52-59-62(51-22-21-45(35-73-59)53(62)29-43(51)19-18-39-11-4-3-5-12-39)36-61(37-68)55-24-26-60-25-9-8-15-41-16-10-17-44(34-67)48(41)30-54(66-2)49-28-46(57(60)50-31-56(69)74-58(49)50)32-64(60,71)63(55,70)33-47(27-42)65(52,61)72/h3-5,10-12,16-17,31,37-38,40,42-43,45-47,49,51-55,57-59,66-67,70-72H,6-7,9,13-14,18-30,32-36H2,1-2H3/t38-,42-,43+,45-,46-,47-,49+,51-,52-,53-,54-,55+,57+,58-,59+,60+,61-,62-,63-,64+,65-/m0/s1. The van der Waals surface area contributed by atoms with E-state index in [-0.39, 0.29) is 60.2 Å². The summed E-state index contributed by atoms with van der Waals surface area (Å²) in [5, 5.41) is 58.8. The van der Waals surface area contributed by atoms with Gasteiger partial charge in [0.1, 0.15) is 18.0 Å². The molecule has 9 heteroatoms. The van der Waals surface area contributed by atoms with Crippen molar-refractivity contribution in [1.29, 1.82) is 0 Å². The first-order valence-electron chi connectivity index (χ1n) is 30.0. The molecule has 2 aliphatic heterocycles. The third-order valence-corrected chi connectivity index (χ3v) is 25.7. The molecule has 0 unspecified atom stereocenters. The van der Waals surface area contributed by atoms with E-state index < -0.39 is 45.6 Å². The molecule has 5 N–H and O–H groups in total. The van der Waals surface area contributed by atoms with Crippen LogP contribution in [-0.2, 0) is 38.5 Å². The number of rotatable bonds is 8. The van der Waals surface area contributed by atoms with Gasteiger partial charge >= 0.3 is 5.97 Å². The number of carbonyl (C=O) groups is 2. The first-order valence-corrected chi connectivity index (χ1v) is 30.0. The van der Waals surface area contributed by atoms with Crippen molar-refractivity contribution in [2.24, 2.45) is 93.2 Å². The monoisotopic (exact) mass is 1010 g/mol. The van der Waals surface area contributed by atoms with Crippen LogP contribution in [-0.4, -0.2) is 81.4 Å². The van der Waals surface area contributed by atoms with Crippen LogP contribution in [0.3, 0.4) is 0 Å². The fourth-order valence-corrected chi connectivity index (χ4v) is 23.0. The van der Waals surface area contributed by atoms with Crippen LogP contribution in [0.5, 0.6) is 0 Å². The van der Waals surface area contributed by atoms with Gasteiger partial charge < -0.3 is 40.0 Å². The number of aldehydes is 1. The average molecular weight is 1010 g/mol. The summed E-state index contributed by atoms with van der Waals surface area (Å²) in [6.45, 7) is 3.11. The van der Waals surface area contributed by atoms with E-state index in [4.69, 9.17) is 9.47 Å². The minimum Gasteiger partial charge on any atom is -0.454 e. The summed E-state index contributed by atoms with van der Waals surface area (Å²) < 4.78 is 13.8. The Balaban J connectivity index is 0.928. The summed E-state index contributed by atoms with van der Waals surface area (Å²) in [6.07, 6.45) is 20.0. The van der Waals surface area contributed by atoms with Gasteiger partial charge in [-0.15, -0.1) is 0 Å². The quantitative estimate of drug-likeness (QED) is 0.0994. The van der Waals surface area contributed by atoms with Crippen molar-refractivity contribution in [3.63, 3.8) is 0 Å². The van der Waals surface area contributed by atoms with Crippen molar-refractivity contribution in [3.05, 3.63) is 82.4 Å². The second-order valence-corrected chi connectivity index (χ2v) is 27.5. The summed E-state index contributed by atoms with van der Waals surface area (Å²) in [5.41, 5.74) is -2.09. The molecule has 9 nitrogen and oxygen atoms in total. The highest BCUT2D eigenvalue weighted by atomic mass is 16.5. The van der Waals surface area contributed by atoms with Gasteiger partial charge in [0.15, 0.2) is 0 Å². The summed E-state index contributed by atoms with van der Waals surface area (Å²) >= 11 is 0. The summed E-state index contributed by atoms with van der Waals surface area (Å²) in [4.78, 5) is 29.3. The third kappa shape index (κ3) is 6.39. The van der Waals surface area contributed by atoms with Crippen molar-refractivity contribution in [3.8, 4) is 11.8 Å². The number of fused-ring (bicyclic) bond motifs is 7. The minimum absolute atomic E-state index is 0.0618. The molecule has 74 heavy (non-hydrogen) atoms. The predicted molar refractivity (Wildman–Crippen MR) is 281 cm³/mol. The van der Waals surface area contributed by atoms with Gasteiger partial charge in [-0.25, -0.2) is 4.79 Å². The number of aryl methyl sites for hydroxylation is 1. The van der Waals surface area contributed by atoms with Gasteiger partial charge in [-0.1, -0.05) is 86.9 Å². The second-order valence-electron chi connectivity index (χ2n) is 27.5. The Labute approximate surface area is 439 Å². The Morgan fingerprint density at radius 3 is 2.50 bits per heavy atom. The van der Waals surface area contributed by atoms with E-state index in [0.717, 1.165) is 80.2 Å². The highest BCUT2D eigenvalue weighted by Crippen LogP contribution is 2.82. The third-order valence-electron chi connectivity index (χ3n) is 25.7. The number of aliphatic hydroxyl groups excluding tert-OH is 1. The molecule has 396 valence electrons. The molecule has 9 saturated carbocycles. The molecular formula is C65H83NO8. The molecule has 0 radical (unpaired) electrons. The number of carbonyl (C=O) groups excluding carboxylic acids is 2. The molecule has 15 rings (SSSR count). The summed E-state index contributed by atoms with van der Waals surface area (Å²) in [7, 11) is 1.97. The maximum atomic E-state index is 15.5. The SMILES string of the molecule is CN[C@H]1Cc2c(cccc2CO)C#CCC[C@]23CC[C@H]4[C@@](O)(C[C@@H]5C[C@@H]([C@@H](C)C6CCCC6)CC[C@H]6[C@H]7OC[C@@H]8CC[C@H]9[C@H](CCc%10ccccc%10)C[C@@H]8[C@@]79C[C@@]4(C=O)[C@]56O)[C@@]2(O)C[C@@H]2C[C@H]1[C@@H]1OC(=O)C=C1[C@@H]23. The Morgan fingerprint density at radius 2 is 1.70 bits per heavy atom. The fraction of sp³-hybridized carbons (Fsp3) is 0.723. The van der Waals surface area contributed by atoms with Gasteiger partial charge in [0.2, 0.25) is 0 Å². The molecule has 11 aliphatic carbocycles. The Morgan fingerprint density at radius 1 is 0.878 bits per heavy atom. The molecule has 8 bridgehead atoms. The largest absolute Gasteiger partial charge is 0.454 e. The molecule has 2 aromatic carbocycles. The number of ether oxygens (including phenoxy) is 2. The molecule has 2 spiro atoms. The first kappa shape index (κ1) is 49.0. The first-order chi connectivity index (χ1) is 35.9. The molecule has 1 saturated heterocycles. The predicted octanol–water partition coefficient (Wildman–Crippen LogP) is 9.08. The summed E-state index contributed by atoms with van der Waals surface area (Å²) in [6, 6.07) is 16.8. The zero-order chi connectivity index (χ0) is 50.6. The van der Waals surface area contributed by atoms with Crippen molar-refractivity contribution < 1.29 is 39.5 Å². The highest BCUT2D eigenvalue weighted by molar-refractivity contribution is 5.86. The van der Waals surface area contributed by atoms with Crippen LogP contribution in [0.1, 0.15) is 151 Å². The Hall–Kier alpha value is -3.36. The van der Waals surface area contributed by atoms with E-state index in [1.54, 1.807) is 6.08 Å². The molecular weight excluding hydrogens is 923 g/mol. The molecule has 10 fully saturated rings. The lowest BCUT2D eigenvalue weighted by molar-refractivity contribution is -0.371. The molecule has 0 amide bonds. The number of likely N-dealkylation sites (N-methyl/N-ethyl adjacent to an activating group) is 1. The minimum atomic E-state index is -1.69. The van der Waals surface area contributed by atoms with E-state index in [0.29, 0.717) is 92.8 Å². The van der Waals surface area contributed by atoms with E-state index in [2.05, 4.69) is 54.4 Å². The zero-order valence-electron chi connectivity index (χ0n) is 44.2. The Bertz CT molecular complexity index is 2650. The fourth-order valence-electron chi connectivity index (χ4n) is 23.0. The van der Waals surface area contributed by atoms with Gasteiger partial charge in [0.05, 0.1) is 35.9 Å². The van der Waals surface area contributed by atoms with Crippen LogP contribution < -0.4 is 5.32 Å². The smallest absolute Gasteiger partial charge is 0.331 e. The molecule has 0 aromatic heterocycles. The van der Waals surface area contributed by atoms with E-state index >= 15 is 4.79 Å². The zero-order valence-corrected chi connectivity index (χ0v) is 44.2. The number of nitrogens with one attached hydrogen (secondary N) is 1. The van der Waals surface area contributed by atoms with Crippen LogP contribution in [0.25, 0.3) is 0 Å². The van der Waals surface area contributed by atoms with E-state index in [9.17, 15) is 25.2 Å². The van der Waals surface area contributed by atoms with Crippen LogP contribution >= 0.6 is 0 Å². The lowest BCUT2D eigenvalue weighted by atomic mass is 9.31. The van der Waals surface area contributed by atoms with Gasteiger partial charge in [0, 0.05) is 52.7 Å². The van der Waals surface area contributed by atoms with Gasteiger partial charge in [0.25, 0.3) is 0 Å². The number of hydrogen-bond donors (Lipinski definition) is 5. The molecule has 2 heterocycles. The van der Waals surface area contributed by atoms with Crippen LogP contribution in [0.15, 0.2) is 60.2 Å². The number of esters is 1. The topological polar surface area (TPSA) is 146 Å². The lowest BCUT2D eigenvalue weighted by Gasteiger charge is -2.76. The van der Waals surface area contributed by atoms with Crippen LogP contribution in [0, 0.1) is 105 Å². The second kappa shape index (κ2) is 17.6. The average Bonchev–Trinajstić information content (AvgIpc) is 4.18. The van der Waals surface area contributed by atoms with Gasteiger partial charge in [-0.05, 0) is 197 Å². The van der Waals surface area contributed by atoms with E-state index in [1.807, 2.05) is 25.2 Å². The van der Waals surface area contributed by atoms with Crippen molar-refractivity contribution >= 4 is 12.3 Å². The number of hydrogen-bond acceptors (Lipinski definition) is 9. The highest BCUT2D eigenvalue weighted by Gasteiger charge is 2.86. The maximum absolute atomic E-state index is 15.5. The lowest BCUT2D eigenvalue weighted by Crippen LogP contribution is -2.83. The van der Waals surface area contributed by atoms with E-state index in [1.165, 1.54) is 37.5 Å². The van der Waals surface area contributed by atoms with Crippen molar-refractivity contribution in [2.75, 3.05) is 13.7 Å². The molecule has 21 atom stereocenters. The number of aliphatic hydroxyl groups is 4. The van der Waals surface area contributed by atoms with Crippen LogP contribution in [0.2, 0.25) is 0 Å². The number of benzene rings is 2. The Kier molecular flexibility index (Phi) is 11.6. The van der Waals surface area contributed by atoms with Crippen molar-refractivity contribution in [2.45, 2.75) is 183 Å². The maximum Gasteiger partial charge on any atom is 0.331 e. The molecule has 13 aliphatic rings. The van der Waals surface area contributed by atoms with Crippen LogP contribution in [0.4, 0.5) is 0 Å². The summed E-state index contributed by atoms with van der Waals surface area (Å²) in [5.74, 6) is 8.18. The van der Waals surface area contributed by atoms with Gasteiger partial charge in [-0.2, -0.15) is 0 Å². The molecule has 2 aromatic rings. The van der Waals surface area contributed by atoms with Gasteiger partial charge in [-0.3, -0.25) is 0 Å². The normalized spacial score (nSPS) is 48.8. The van der Waals surface area contributed by atoms with Crippen molar-refractivity contribution in [1.82, 2.24) is 5.32 Å².